The van der Waals surface area contributed by atoms with Gasteiger partial charge in [-0.15, -0.1) is 0 Å². The number of nitrogens with one attached hydrogen (secondary N) is 1. The predicted octanol–water partition coefficient (Wildman–Crippen LogP) is 2.74. The van der Waals surface area contributed by atoms with E-state index in [0.717, 1.165) is 5.69 Å². The third-order valence-electron chi connectivity index (χ3n) is 3.23. The zero-order valence-corrected chi connectivity index (χ0v) is 12.7. The molecule has 3 N–H and O–H groups in total. The van der Waals surface area contributed by atoms with Gasteiger partial charge in [0.25, 0.3) is 5.91 Å². The molecule has 0 saturated carbocycles. The van der Waals surface area contributed by atoms with Crippen molar-refractivity contribution in [2.45, 2.75) is 53.0 Å². The van der Waals surface area contributed by atoms with Crippen molar-refractivity contribution in [2.75, 3.05) is 5.73 Å². The SMILES string of the molecule is CC(C)C(C)NC(=O)c1cc(N)nc(C(C)(C)C)c1. The molecule has 0 aliphatic carbocycles. The Kier molecular flexibility index (Phi) is 4.56. The van der Waals surface area contributed by atoms with Crippen LogP contribution in [-0.4, -0.2) is 16.9 Å². The van der Waals surface area contributed by atoms with E-state index in [0.29, 0.717) is 17.3 Å². The standard InChI is InChI=1S/C15H25N3O/c1-9(2)10(3)17-14(19)11-7-12(15(4,5)6)18-13(16)8-11/h7-10H,1-6H3,(H2,16,18)(H,17,19). The van der Waals surface area contributed by atoms with E-state index in [1.54, 1.807) is 6.07 Å². The average Bonchev–Trinajstić information content (AvgIpc) is 2.26. The lowest BCUT2D eigenvalue weighted by Gasteiger charge is -2.20. The third-order valence-corrected chi connectivity index (χ3v) is 3.23. The van der Waals surface area contributed by atoms with Crippen molar-refractivity contribution in [3.05, 3.63) is 23.4 Å². The van der Waals surface area contributed by atoms with Gasteiger partial charge in [-0.05, 0) is 25.0 Å². The van der Waals surface area contributed by atoms with Crippen LogP contribution in [0.1, 0.15) is 57.6 Å². The Morgan fingerprint density at radius 1 is 1.26 bits per heavy atom. The number of anilines is 1. The summed E-state index contributed by atoms with van der Waals surface area (Å²) in [4.78, 5) is 16.5. The van der Waals surface area contributed by atoms with Crippen LogP contribution < -0.4 is 11.1 Å². The zero-order valence-electron chi connectivity index (χ0n) is 12.7. The second-order valence-corrected chi connectivity index (χ2v) is 6.42. The third kappa shape index (κ3) is 4.23. The van der Waals surface area contributed by atoms with Gasteiger partial charge in [0.2, 0.25) is 0 Å². The number of rotatable bonds is 3. The lowest BCUT2D eigenvalue weighted by Crippen LogP contribution is -2.36. The van der Waals surface area contributed by atoms with Crippen molar-refractivity contribution < 1.29 is 4.79 Å². The molecule has 0 aliphatic heterocycles. The molecule has 1 aromatic heterocycles. The number of amides is 1. The van der Waals surface area contributed by atoms with Crippen LogP contribution >= 0.6 is 0 Å². The summed E-state index contributed by atoms with van der Waals surface area (Å²) in [6.45, 7) is 12.3. The highest BCUT2D eigenvalue weighted by Crippen LogP contribution is 2.22. The maximum absolute atomic E-state index is 12.2. The number of hydrogen-bond donors (Lipinski definition) is 2. The van der Waals surface area contributed by atoms with Crippen LogP contribution in [0.2, 0.25) is 0 Å². The number of hydrogen-bond acceptors (Lipinski definition) is 3. The first-order chi connectivity index (χ1) is 8.61. The molecule has 0 saturated heterocycles. The number of aromatic nitrogens is 1. The van der Waals surface area contributed by atoms with Crippen molar-refractivity contribution >= 4 is 11.7 Å². The molecule has 1 rings (SSSR count). The van der Waals surface area contributed by atoms with Gasteiger partial charge in [-0.1, -0.05) is 34.6 Å². The van der Waals surface area contributed by atoms with Gasteiger partial charge in [0.05, 0.1) is 0 Å². The van der Waals surface area contributed by atoms with E-state index in [-0.39, 0.29) is 17.4 Å². The van der Waals surface area contributed by atoms with Crippen molar-refractivity contribution in [3.8, 4) is 0 Å². The van der Waals surface area contributed by atoms with Crippen LogP contribution in [0.3, 0.4) is 0 Å². The first-order valence-corrected chi connectivity index (χ1v) is 6.70. The van der Waals surface area contributed by atoms with Gasteiger partial charge >= 0.3 is 0 Å². The monoisotopic (exact) mass is 263 g/mol. The van der Waals surface area contributed by atoms with Crippen molar-refractivity contribution in [1.29, 1.82) is 0 Å². The molecule has 1 amide bonds. The van der Waals surface area contributed by atoms with E-state index in [2.05, 4.69) is 24.1 Å². The molecule has 1 aromatic rings. The average molecular weight is 263 g/mol. The molecule has 1 atom stereocenters. The van der Waals surface area contributed by atoms with Gasteiger partial charge in [0.15, 0.2) is 0 Å². The first kappa shape index (κ1) is 15.5. The topological polar surface area (TPSA) is 68.0 Å². The highest BCUT2D eigenvalue weighted by Gasteiger charge is 2.19. The summed E-state index contributed by atoms with van der Waals surface area (Å²) in [6, 6.07) is 3.57. The molecule has 0 aromatic carbocycles. The Hall–Kier alpha value is -1.58. The quantitative estimate of drug-likeness (QED) is 0.881. The fourth-order valence-corrected chi connectivity index (χ4v) is 1.52. The van der Waals surface area contributed by atoms with E-state index < -0.39 is 0 Å². The molecule has 19 heavy (non-hydrogen) atoms. The van der Waals surface area contributed by atoms with Gasteiger partial charge < -0.3 is 11.1 Å². The van der Waals surface area contributed by atoms with Crippen molar-refractivity contribution in [3.63, 3.8) is 0 Å². The van der Waals surface area contributed by atoms with Crippen LogP contribution in [0.4, 0.5) is 5.82 Å². The highest BCUT2D eigenvalue weighted by atomic mass is 16.1. The summed E-state index contributed by atoms with van der Waals surface area (Å²) in [5.41, 5.74) is 7.07. The van der Waals surface area contributed by atoms with E-state index in [4.69, 9.17) is 5.73 Å². The zero-order chi connectivity index (χ0) is 14.8. The molecule has 0 radical (unpaired) electrons. The normalized spacial score (nSPS) is 13.4. The van der Waals surface area contributed by atoms with E-state index in [1.165, 1.54) is 0 Å². The number of nitrogens with two attached hydrogens (primary N) is 1. The molecule has 1 unspecified atom stereocenters. The Bertz CT molecular complexity index is 461. The lowest BCUT2D eigenvalue weighted by atomic mass is 9.90. The number of nitrogen functional groups attached to an aromatic ring is 1. The number of carbonyl (C=O) groups excluding carboxylic acids is 1. The minimum atomic E-state index is -0.131. The van der Waals surface area contributed by atoms with Crippen LogP contribution in [0.25, 0.3) is 0 Å². The Balaban J connectivity index is 3.01. The van der Waals surface area contributed by atoms with Gasteiger partial charge in [-0.25, -0.2) is 4.98 Å². The van der Waals surface area contributed by atoms with E-state index in [9.17, 15) is 4.79 Å². The minimum absolute atomic E-state index is 0.0965. The maximum atomic E-state index is 12.2. The summed E-state index contributed by atoms with van der Waals surface area (Å²) in [7, 11) is 0. The molecule has 0 bridgehead atoms. The highest BCUT2D eigenvalue weighted by molar-refractivity contribution is 5.95. The molecule has 106 valence electrons. The van der Waals surface area contributed by atoms with Gasteiger partial charge in [0, 0.05) is 22.7 Å². The molecular formula is C15H25N3O. The molecular weight excluding hydrogens is 238 g/mol. The molecule has 0 aliphatic rings. The lowest BCUT2D eigenvalue weighted by molar-refractivity contribution is 0.0930. The molecule has 0 fully saturated rings. The summed E-state index contributed by atoms with van der Waals surface area (Å²) in [5, 5.41) is 2.98. The summed E-state index contributed by atoms with van der Waals surface area (Å²) in [6.07, 6.45) is 0. The Morgan fingerprint density at radius 3 is 2.32 bits per heavy atom. The van der Waals surface area contributed by atoms with Crippen molar-refractivity contribution in [1.82, 2.24) is 10.3 Å². The molecule has 4 nitrogen and oxygen atoms in total. The first-order valence-electron chi connectivity index (χ1n) is 6.70. The Labute approximate surface area is 115 Å². The van der Waals surface area contributed by atoms with Gasteiger partial charge in [-0.3, -0.25) is 4.79 Å². The molecule has 0 spiro atoms. The summed E-state index contributed by atoms with van der Waals surface area (Å²) in [5.74, 6) is 0.681. The van der Waals surface area contributed by atoms with E-state index in [1.807, 2.05) is 33.8 Å². The largest absolute Gasteiger partial charge is 0.384 e. The fourth-order valence-electron chi connectivity index (χ4n) is 1.52. The Morgan fingerprint density at radius 2 is 1.84 bits per heavy atom. The number of nitrogens with zero attached hydrogens (tertiary/aromatic N) is 1. The predicted molar refractivity (Wildman–Crippen MR) is 79.1 cm³/mol. The summed E-state index contributed by atoms with van der Waals surface area (Å²) >= 11 is 0. The minimum Gasteiger partial charge on any atom is -0.384 e. The summed E-state index contributed by atoms with van der Waals surface area (Å²) < 4.78 is 0. The van der Waals surface area contributed by atoms with Crippen LogP contribution in [0, 0.1) is 5.92 Å². The second-order valence-electron chi connectivity index (χ2n) is 6.42. The number of carbonyl (C=O) groups is 1. The smallest absolute Gasteiger partial charge is 0.251 e. The van der Waals surface area contributed by atoms with Crippen molar-refractivity contribution in [2.24, 2.45) is 5.92 Å². The van der Waals surface area contributed by atoms with Gasteiger partial charge in [-0.2, -0.15) is 0 Å². The van der Waals surface area contributed by atoms with E-state index >= 15 is 0 Å². The van der Waals surface area contributed by atoms with Gasteiger partial charge in [0.1, 0.15) is 5.82 Å². The number of pyridine rings is 1. The molecule has 4 heteroatoms. The van der Waals surface area contributed by atoms with Crippen LogP contribution in [0.5, 0.6) is 0 Å². The fraction of sp³-hybridized carbons (Fsp3) is 0.600. The molecule has 1 heterocycles. The maximum Gasteiger partial charge on any atom is 0.251 e. The van der Waals surface area contributed by atoms with Crippen LogP contribution in [0.15, 0.2) is 12.1 Å². The second kappa shape index (κ2) is 5.59. The van der Waals surface area contributed by atoms with Crippen LogP contribution in [-0.2, 0) is 5.41 Å².